The van der Waals surface area contributed by atoms with Gasteiger partial charge in [0.1, 0.15) is 0 Å². The summed E-state index contributed by atoms with van der Waals surface area (Å²) in [7, 11) is 3.81. The van der Waals surface area contributed by atoms with Crippen LogP contribution in [0.15, 0.2) is 0 Å². The van der Waals surface area contributed by atoms with Gasteiger partial charge in [0.05, 0.1) is 6.10 Å². The first-order valence-electron chi connectivity index (χ1n) is 6.58. The molecule has 0 aromatic heterocycles. The number of ether oxygens (including phenoxy) is 1. The molecule has 1 aliphatic carbocycles. The maximum atomic E-state index is 9.96. The number of methoxy groups -OCH3 is 1. The van der Waals surface area contributed by atoms with Gasteiger partial charge in [-0.3, -0.25) is 0 Å². The maximum Gasteiger partial charge on any atom is 0.0669 e. The molecule has 1 atom stereocenters. The first kappa shape index (κ1) is 13.9. The average molecular weight is 229 g/mol. The summed E-state index contributed by atoms with van der Waals surface area (Å²) in [6.45, 7) is 2.62. The monoisotopic (exact) mass is 229 g/mol. The predicted octanol–water partition coefficient (Wildman–Crippen LogP) is 1.90. The molecule has 1 saturated carbocycles. The third-order valence-corrected chi connectivity index (χ3v) is 3.49. The van der Waals surface area contributed by atoms with Crippen molar-refractivity contribution in [3.8, 4) is 0 Å². The van der Waals surface area contributed by atoms with E-state index in [1.54, 1.807) is 7.11 Å². The zero-order valence-electron chi connectivity index (χ0n) is 10.8. The number of aliphatic hydroxyl groups is 1. The highest BCUT2D eigenvalue weighted by atomic mass is 16.5. The summed E-state index contributed by atoms with van der Waals surface area (Å²) in [4.78, 5) is 2.21. The first-order chi connectivity index (χ1) is 7.72. The van der Waals surface area contributed by atoms with Crippen molar-refractivity contribution in [3.63, 3.8) is 0 Å². The number of hydrogen-bond acceptors (Lipinski definition) is 3. The van der Waals surface area contributed by atoms with Crippen LogP contribution >= 0.6 is 0 Å². The molecule has 0 amide bonds. The van der Waals surface area contributed by atoms with E-state index in [0.717, 1.165) is 38.5 Å². The molecule has 1 unspecified atom stereocenters. The van der Waals surface area contributed by atoms with Crippen LogP contribution in [0.4, 0.5) is 0 Å². The standard InChI is InChI=1S/C13H27NO2/c1-14(8-5-9-16-2)11-13(15)10-12-6-3-4-7-12/h12-13,15H,3-11H2,1-2H3. The van der Waals surface area contributed by atoms with Gasteiger partial charge in [-0.25, -0.2) is 0 Å². The van der Waals surface area contributed by atoms with Gasteiger partial charge in [-0.1, -0.05) is 25.7 Å². The van der Waals surface area contributed by atoms with Gasteiger partial charge in [-0.05, 0) is 25.8 Å². The van der Waals surface area contributed by atoms with Gasteiger partial charge >= 0.3 is 0 Å². The molecule has 0 aromatic carbocycles. The molecule has 16 heavy (non-hydrogen) atoms. The molecule has 96 valence electrons. The topological polar surface area (TPSA) is 32.7 Å². The Hall–Kier alpha value is -0.120. The lowest BCUT2D eigenvalue weighted by molar-refractivity contribution is 0.0964. The van der Waals surface area contributed by atoms with E-state index >= 15 is 0 Å². The molecule has 1 rings (SSSR count). The van der Waals surface area contributed by atoms with Gasteiger partial charge in [0.15, 0.2) is 0 Å². The summed E-state index contributed by atoms with van der Waals surface area (Å²) < 4.78 is 5.02. The Bertz CT molecular complexity index is 169. The van der Waals surface area contributed by atoms with Crippen LogP contribution in [0.5, 0.6) is 0 Å². The fourth-order valence-electron chi connectivity index (χ4n) is 2.64. The number of aliphatic hydroxyl groups excluding tert-OH is 1. The minimum Gasteiger partial charge on any atom is -0.392 e. The average Bonchev–Trinajstić information content (AvgIpc) is 2.70. The van der Waals surface area contributed by atoms with Crippen molar-refractivity contribution in [3.05, 3.63) is 0 Å². The van der Waals surface area contributed by atoms with Crippen LogP contribution in [-0.2, 0) is 4.74 Å². The normalized spacial score (nSPS) is 19.5. The Morgan fingerprint density at radius 3 is 2.69 bits per heavy atom. The fraction of sp³-hybridized carbons (Fsp3) is 1.00. The van der Waals surface area contributed by atoms with Crippen molar-refractivity contribution in [2.24, 2.45) is 5.92 Å². The van der Waals surface area contributed by atoms with Crippen LogP contribution in [0.3, 0.4) is 0 Å². The first-order valence-corrected chi connectivity index (χ1v) is 6.58. The third kappa shape index (κ3) is 5.83. The number of nitrogens with zero attached hydrogens (tertiary/aromatic N) is 1. The van der Waals surface area contributed by atoms with E-state index in [1.165, 1.54) is 25.7 Å². The van der Waals surface area contributed by atoms with Crippen LogP contribution in [-0.4, -0.2) is 50.0 Å². The Kier molecular flexibility index (Phi) is 7.01. The predicted molar refractivity (Wildman–Crippen MR) is 66.6 cm³/mol. The van der Waals surface area contributed by atoms with Crippen molar-refractivity contribution in [1.82, 2.24) is 4.90 Å². The van der Waals surface area contributed by atoms with Crippen LogP contribution in [0, 0.1) is 5.92 Å². The lowest BCUT2D eigenvalue weighted by Crippen LogP contribution is -2.31. The Labute approximate surface area is 99.8 Å². The molecule has 0 aliphatic heterocycles. The molecule has 0 radical (unpaired) electrons. The third-order valence-electron chi connectivity index (χ3n) is 3.49. The van der Waals surface area contributed by atoms with Crippen LogP contribution < -0.4 is 0 Å². The lowest BCUT2D eigenvalue weighted by atomic mass is 10.00. The van der Waals surface area contributed by atoms with Crippen molar-refractivity contribution < 1.29 is 9.84 Å². The minimum atomic E-state index is -0.143. The largest absolute Gasteiger partial charge is 0.392 e. The Balaban J connectivity index is 2.05. The van der Waals surface area contributed by atoms with E-state index in [9.17, 15) is 5.11 Å². The molecule has 3 heteroatoms. The second-order valence-corrected chi connectivity index (χ2v) is 5.15. The van der Waals surface area contributed by atoms with Gasteiger partial charge in [0, 0.05) is 26.8 Å². The SMILES string of the molecule is COCCCN(C)CC(O)CC1CCCC1. The Morgan fingerprint density at radius 1 is 1.38 bits per heavy atom. The minimum absolute atomic E-state index is 0.143. The summed E-state index contributed by atoms with van der Waals surface area (Å²) in [5.74, 6) is 0.780. The van der Waals surface area contributed by atoms with E-state index in [1.807, 2.05) is 0 Å². The lowest BCUT2D eigenvalue weighted by Gasteiger charge is -2.22. The number of hydrogen-bond donors (Lipinski definition) is 1. The van der Waals surface area contributed by atoms with Gasteiger partial charge in [0.2, 0.25) is 0 Å². The summed E-state index contributed by atoms with van der Waals surface area (Å²) in [5.41, 5.74) is 0. The highest BCUT2D eigenvalue weighted by molar-refractivity contribution is 4.72. The summed E-state index contributed by atoms with van der Waals surface area (Å²) in [6.07, 6.45) is 7.27. The van der Waals surface area contributed by atoms with E-state index in [2.05, 4.69) is 11.9 Å². The van der Waals surface area contributed by atoms with Crippen molar-refractivity contribution in [2.45, 2.75) is 44.6 Å². The van der Waals surface area contributed by atoms with E-state index in [-0.39, 0.29) is 6.10 Å². The summed E-state index contributed by atoms with van der Waals surface area (Å²) in [5, 5.41) is 9.96. The second-order valence-electron chi connectivity index (χ2n) is 5.15. The van der Waals surface area contributed by atoms with Crippen LogP contribution in [0.25, 0.3) is 0 Å². The zero-order chi connectivity index (χ0) is 11.8. The molecule has 0 spiro atoms. The van der Waals surface area contributed by atoms with Gasteiger partial charge in [0.25, 0.3) is 0 Å². The van der Waals surface area contributed by atoms with Gasteiger partial charge in [-0.15, -0.1) is 0 Å². The maximum absolute atomic E-state index is 9.96. The second kappa shape index (κ2) is 8.04. The highest BCUT2D eigenvalue weighted by Crippen LogP contribution is 2.28. The quantitative estimate of drug-likeness (QED) is 0.645. The Morgan fingerprint density at radius 2 is 2.06 bits per heavy atom. The zero-order valence-corrected chi connectivity index (χ0v) is 10.8. The molecule has 1 aliphatic rings. The molecular weight excluding hydrogens is 202 g/mol. The molecule has 0 bridgehead atoms. The van der Waals surface area contributed by atoms with Crippen molar-refractivity contribution in [2.75, 3.05) is 33.9 Å². The molecule has 0 aromatic rings. The fourth-order valence-corrected chi connectivity index (χ4v) is 2.64. The van der Waals surface area contributed by atoms with E-state index < -0.39 is 0 Å². The van der Waals surface area contributed by atoms with Crippen molar-refractivity contribution >= 4 is 0 Å². The summed E-state index contributed by atoms with van der Waals surface area (Å²) in [6, 6.07) is 0. The molecule has 1 N–H and O–H groups in total. The van der Waals surface area contributed by atoms with Crippen LogP contribution in [0.1, 0.15) is 38.5 Å². The van der Waals surface area contributed by atoms with E-state index in [4.69, 9.17) is 4.74 Å². The highest BCUT2D eigenvalue weighted by Gasteiger charge is 2.19. The molecule has 1 fully saturated rings. The summed E-state index contributed by atoms with van der Waals surface area (Å²) >= 11 is 0. The molecule has 0 saturated heterocycles. The van der Waals surface area contributed by atoms with Gasteiger partial charge in [-0.2, -0.15) is 0 Å². The molecule has 3 nitrogen and oxygen atoms in total. The van der Waals surface area contributed by atoms with Crippen molar-refractivity contribution in [1.29, 1.82) is 0 Å². The molecule has 0 heterocycles. The molecular formula is C13H27NO2. The smallest absolute Gasteiger partial charge is 0.0669 e. The number of rotatable bonds is 8. The van der Waals surface area contributed by atoms with E-state index in [0.29, 0.717) is 0 Å². The number of likely N-dealkylation sites (N-methyl/N-ethyl adjacent to an activating group) is 1. The van der Waals surface area contributed by atoms with Gasteiger partial charge < -0.3 is 14.7 Å². The van der Waals surface area contributed by atoms with Crippen LogP contribution in [0.2, 0.25) is 0 Å².